The summed E-state index contributed by atoms with van der Waals surface area (Å²) in [5.41, 5.74) is 8.20. The summed E-state index contributed by atoms with van der Waals surface area (Å²) in [4.78, 5) is 14.7. The van der Waals surface area contributed by atoms with E-state index in [1.807, 2.05) is 37.3 Å². The van der Waals surface area contributed by atoms with Gasteiger partial charge in [-0.2, -0.15) is 15.0 Å². The van der Waals surface area contributed by atoms with Crippen molar-refractivity contribution in [2.45, 2.75) is 32.4 Å². The molecule has 2 aromatic carbocycles. The maximum Gasteiger partial charge on any atom is 0.232 e. The van der Waals surface area contributed by atoms with E-state index in [0.717, 1.165) is 24.4 Å². The molecule has 2 heterocycles. The predicted octanol–water partition coefficient (Wildman–Crippen LogP) is 2.52. The van der Waals surface area contributed by atoms with Crippen LogP contribution in [0.25, 0.3) is 0 Å². The molecule has 4 rings (SSSR count). The number of anilines is 3. The van der Waals surface area contributed by atoms with E-state index in [9.17, 15) is 0 Å². The normalized spacial score (nSPS) is 18.5. The molecule has 3 aromatic rings. The second kappa shape index (κ2) is 8.87. The molecule has 1 unspecified atom stereocenters. The number of para-hydroxylation sites is 1. The van der Waals surface area contributed by atoms with Crippen LogP contribution in [0.3, 0.4) is 0 Å². The number of rotatable bonds is 7. The number of hydrogen-bond acceptors (Lipinski definition) is 6. The highest BCUT2D eigenvalue weighted by Crippen LogP contribution is 2.22. The van der Waals surface area contributed by atoms with Gasteiger partial charge in [0.05, 0.1) is 13.2 Å². The van der Waals surface area contributed by atoms with Gasteiger partial charge in [-0.3, -0.25) is 0 Å². The summed E-state index contributed by atoms with van der Waals surface area (Å²) in [7, 11) is 0. The van der Waals surface area contributed by atoms with Crippen LogP contribution in [0.15, 0.2) is 54.6 Å². The minimum atomic E-state index is 0.240. The zero-order valence-electron chi connectivity index (χ0n) is 16.6. The maximum atomic E-state index is 5.95. The van der Waals surface area contributed by atoms with Gasteiger partial charge in [-0.15, -0.1) is 0 Å². The number of likely N-dealkylation sites (tertiary alicyclic amines) is 1. The molecule has 0 spiro atoms. The Balaban J connectivity index is 1.49. The molecule has 2 atom stereocenters. The summed E-state index contributed by atoms with van der Waals surface area (Å²) in [5, 5.41) is 3.21. The maximum absolute atomic E-state index is 5.95. The first-order chi connectivity index (χ1) is 14.2. The topological polar surface area (TPSA) is 90.4 Å². The molecule has 1 aromatic heterocycles. The van der Waals surface area contributed by atoms with E-state index in [-0.39, 0.29) is 5.95 Å². The largest absolute Gasteiger partial charge is 0.494 e. The lowest BCUT2D eigenvalue weighted by atomic mass is 10.0. The summed E-state index contributed by atoms with van der Waals surface area (Å²) in [6.45, 7) is 4.48. The number of ether oxygens (including phenoxy) is 1. The van der Waals surface area contributed by atoms with Crippen molar-refractivity contribution in [2.24, 2.45) is 0 Å². The molecular formula is C22H27N6O+. The molecule has 1 fully saturated rings. The number of nitrogen functional groups attached to an aromatic ring is 1. The Hall–Kier alpha value is -3.19. The molecule has 4 N–H and O–H groups in total. The average Bonchev–Trinajstić information content (AvgIpc) is 3.17. The number of nitrogens with one attached hydrogen (secondary N) is 2. The van der Waals surface area contributed by atoms with Crippen LogP contribution in [-0.2, 0) is 6.54 Å². The Bertz CT molecular complexity index is 932. The minimum Gasteiger partial charge on any atom is -0.494 e. The predicted molar refractivity (Wildman–Crippen MR) is 113 cm³/mol. The van der Waals surface area contributed by atoms with Crippen molar-refractivity contribution in [3.05, 3.63) is 66.0 Å². The molecule has 0 saturated carbocycles. The lowest BCUT2D eigenvalue weighted by Gasteiger charge is -2.21. The third-order valence-corrected chi connectivity index (χ3v) is 5.19. The molecular weight excluding hydrogens is 364 g/mol. The summed E-state index contributed by atoms with van der Waals surface area (Å²) in [6.07, 6.45) is 2.34. The Labute approximate surface area is 171 Å². The first-order valence-corrected chi connectivity index (χ1v) is 10.1. The fraction of sp³-hybridized carbons (Fsp3) is 0.318. The van der Waals surface area contributed by atoms with E-state index >= 15 is 0 Å². The molecule has 7 nitrogen and oxygen atoms in total. The summed E-state index contributed by atoms with van der Waals surface area (Å²) in [5.74, 6) is 2.35. The van der Waals surface area contributed by atoms with Gasteiger partial charge in [0.25, 0.3) is 0 Å². The van der Waals surface area contributed by atoms with Crippen molar-refractivity contribution in [3.63, 3.8) is 0 Å². The van der Waals surface area contributed by atoms with E-state index in [1.165, 1.54) is 16.9 Å². The van der Waals surface area contributed by atoms with Gasteiger partial charge in [-0.05, 0) is 43.3 Å². The molecule has 7 heteroatoms. The van der Waals surface area contributed by atoms with Crippen LogP contribution in [0.1, 0.15) is 37.2 Å². The number of aromatic nitrogens is 3. The van der Waals surface area contributed by atoms with Crippen LogP contribution in [0.4, 0.5) is 17.6 Å². The fourth-order valence-corrected chi connectivity index (χ4v) is 3.92. The van der Waals surface area contributed by atoms with Crippen LogP contribution in [0.2, 0.25) is 0 Å². The summed E-state index contributed by atoms with van der Waals surface area (Å²) in [6, 6.07) is 18.7. The van der Waals surface area contributed by atoms with Crippen molar-refractivity contribution < 1.29 is 9.64 Å². The van der Waals surface area contributed by atoms with E-state index < -0.39 is 0 Å². The number of benzene rings is 2. The van der Waals surface area contributed by atoms with Crippen molar-refractivity contribution >= 4 is 17.6 Å². The molecule has 1 aliphatic rings. The highest BCUT2D eigenvalue weighted by molar-refractivity contribution is 5.53. The van der Waals surface area contributed by atoms with E-state index in [2.05, 4.69) is 44.5 Å². The van der Waals surface area contributed by atoms with Crippen LogP contribution in [0, 0.1) is 0 Å². The van der Waals surface area contributed by atoms with Crippen LogP contribution < -0.4 is 20.7 Å². The van der Waals surface area contributed by atoms with Gasteiger partial charge in [-0.25, -0.2) is 0 Å². The van der Waals surface area contributed by atoms with Crippen LogP contribution in [0.5, 0.6) is 5.75 Å². The fourth-order valence-electron chi connectivity index (χ4n) is 3.92. The van der Waals surface area contributed by atoms with Gasteiger partial charge >= 0.3 is 0 Å². The lowest BCUT2D eigenvalue weighted by Crippen LogP contribution is -3.09. The molecule has 1 aliphatic heterocycles. The third-order valence-electron chi connectivity index (χ3n) is 5.19. The van der Waals surface area contributed by atoms with Gasteiger partial charge < -0.3 is 20.7 Å². The number of quaternary nitrogens is 1. The third kappa shape index (κ3) is 4.81. The minimum absolute atomic E-state index is 0.240. The molecule has 0 amide bonds. The first-order valence-electron chi connectivity index (χ1n) is 10.1. The van der Waals surface area contributed by atoms with Crippen LogP contribution in [-0.4, -0.2) is 28.1 Å². The SMILES string of the molecule is CCOc1ccc([C@H]2CCC[NH+]2Cc2nc(N)nc(Nc3ccccc3)n2)cc1. The van der Waals surface area contributed by atoms with Gasteiger partial charge in [0.15, 0.2) is 5.82 Å². The monoisotopic (exact) mass is 391 g/mol. The van der Waals surface area contributed by atoms with Gasteiger partial charge in [0.2, 0.25) is 11.9 Å². The van der Waals surface area contributed by atoms with Crippen molar-refractivity contribution in [1.29, 1.82) is 0 Å². The second-order valence-corrected chi connectivity index (χ2v) is 7.21. The Morgan fingerprint density at radius 3 is 2.62 bits per heavy atom. The van der Waals surface area contributed by atoms with Gasteiger partial charge in [0, 0.05) is 24.1 Å². The van der Waals surface area contributed by atoms with E-state index in [1.54, 1.807) is 0 Å². The molecule has 150 valence electrons. The molecule has 29 heavy (non-hydrogen) atoms. The Kier molecular flexibility index (Phi) is 5.86. The molecule has 0 radical (unpaired) electrons. The highest BCUT2D eigenvalue weighted by Gasteiger charge is 2.31. The second-order valence-electron chi connectivity index (χ2n) is 7.21. The highest BCUT2D eigenvalue weighted by atomic mass is 16.5. The van der Waals surface area contributed by atoms with Crippen LogP contribution >= 0.6 is 0 Å². The van der Waals surface area contributed by atoms with Crippen molar-refractivity contribution in [3.8, 4) is 5.75 Å². The quantitative estimate of drug-likeness (QED) is 0.573. The smallest absolute Gasteiger partial charge is 0.232 e. The molecule has 0 aliphatic carbocycles. The zero-order valence-corrected chi connectivity index (χ0v) is 16.6. The van der Waals surface area contributed by atoms with Gasteiger partial charge in [-0.1, -0.05) is 18.2 Å². The zero-order chi connectivity index (χ0) is 20.1. The molecule has 1 saturated heterocycles. The number of nitrogens with zero attached hydrogens (tertiary/aromatic N) is 3. The standard InChI is InChI=1S/C22H26N6O/c1-2-29-18-12-10-16(11-13-18)19-9-6-14-28(19)15-20-25-21(23)27-22(26-20)24-17-7-4-3-5-8-17/h3-5,7-8,10-13,19H,2,6,9,14-15H2,1H3,(H3,23,24,25,26,27)/p+1/t19-/m1/s1. The van der Waals surface area contributed by atoms with Gasteiger partial charge in [0.1, 0.15) is 18.3 Å². The van der Waals surface area contributed by atoms with Crippen molar-refractivity contribution in [2.75, 3.05) is 24.2 Å². The summed E-state index contributed by atoms with van der Waals surface area (Å²) < 4.78 is 5.57. The number of nitrogens with two attached hydrogens (primary N) is 1. The van der Waals surface area contributed by atoms with E-state index in [4.69, 9.17) is 10.5 Å². The van der Waals surface area contributed by atoms with Crippen molar-refractivity contribution in [1.82, 2.24) is 15.0 Å². The lowest BCUT2D eigenvalue weighted by molar-refractivity contribution is -0.932. The molecule has 0 bridgehead atoms. The number of hydrogen-bond donors (Lipinski definition) is 3. The Morgan fingerprint density at radius 1 is 1.07 bits per heavy atom. The first kappa shape index (κ1) is 19.1. The summed E-state index contributed by atoms with van der Waals surface area (Å²) >= 11 is 0. The average molecular weight is 391 g/mol. The Morgan fingerprint density at radius 2 is 1.86 bits per heavy atom. The van der Waals surface area contributed by atoms with E-state index in [0.29, 0.717) is 31.0 Å².